The molecule has 0 aliphatic carbocycles. The zero-order valence-corrected chi connectivity index (χ0v) is 14.8. The molecular formula is C20H24N4. The minimum atomic E-state index is 0.889. The number of hydrogen-bond acceptors (Lipinski definition) is 3. The highest BCUT2D eigenvalue weighted by Gasteiger charge is 2.24. The van der Waals surface area contributed by atoms with Gasteiger partial charge < -0.3 is 4.90 Å². The standard InChI is InChI=1S/C18H18N4.C2H6/c1-3-22-12-13-8-4-5-9-14(13)17-18(21(2)20-19-17)15-10-6-7-11-16(15)22;1-2/h4-11H,3,12H2,1-2H3;1-2H3. The predicted molar refractivity (Wildman–Crippen MR) is 99.9 cm³/mol. The Kier molecular flexibility index (Phi) is 4.65. The average Bonchev–Trinajstić information content (AvgIpc) is 3.01. The highest BCUT2D eigenvalue weighted by atomic mass is 15.4. The molecule has 0 unspecified atom stereocenters. The van der Waals surface area contributed by atoms with Gasteiger partial charge in [-0.3, -0.25) is 0 Å². The monoisotopic (exact) mass is 320 g/mol. The lowest BCUT2D eigenvalue weighted by molar-refractivity contribution is 0.720. The lowest BCUT2D eigenvalue weighted by Crippen LogP contribution is -2.24. The third-order valence-electron chi connectivity index (χ3n) is 4.34. The van der Waals surface area contributed by atoms with Crippen LogP contribution in [-0.4, -0.2) is 21.5 Å². The Morgan fingerprint density at radius 2 is 1.62 bits per heavy atom. The Labute approximate surface area is 143 Å². The first-order chi connectivity index (χ1) is 11.8. The van der Waals surface area contributed by atoms with Crippen LogP contribution >= 0.6 is 0 Å². The van der Waals surface area contributed by atoms with Gasteiger partial charge in [0.1, 0.15) is 5.69 Å². The Hall–Kier alpha value is -2.62. The van der Waals surface area contributed by atoms with Gasteiger partial charge in [0.2, 0.25) is 0 Å². The van der Waals surface area contributed by atoms with Crippen molar-refractivity contribution in [2.45, 2.75) is 27.3 Å². The lowest BCUT2D eigenvalue weighted by atomic mass is 9.96. The summed E-state index contributed by atoms with van der Waals surface area (Å²) in [4.78, 5) is 2.41. The van der Waals surface area contributed by atoms with E-state index in [1.54, 1.807) is 0 Å². The molecular weight excluding hydrogens is 296 g/mol. The summed E-state index contributed by atoms with van der Waals surface area (Å²) < 4.78 is 1.88. The molecule has 0 fully saturated rings. The van der Waals surface area contributed by atoms with Crippen molar-refractivity contribution < 1.29 is 0 Å². The first-order valence-corrected chi connectivity index (χ1v) is 8.62. The molecule has 0 spiro atoms. The smallest absolute Gasteiger partial charge is 0.121 e. The topological polar surface area (TPSA) is 34.0 Å². The number of aryl methyl sites for hydroxylation is 1. The zero-order chi connectivity index (χ0) is 17.1. The summed E-state index contributed by atoms with van der Waals surface area (Å²) in [5.74, 6) is 0. The third-order valence-corrected chi connectivity index (χ3v) is 4.34. The Bertz CT molecular complexity index is 835. The Balaban J connectivity index is 0.000000815. The molecule has 0 bridgehead atoms. The SMILES string of the molecule is CC.CCN1Cc2ccccc2-c2nnn(C)c2-c2ccccc21. The molecule has 0 N–H and O–H groups in total. The molecule has 4 heteroatoms. The molecule has 0 atom stereocenters. The maximum absolute atomic E-state index is 4.44. The number of rotatable bonds is 1. The minimum absolute atomic E-state index is 0.889. The van der Waals surface area contributed by atoms with Crippen molar-refractivity contribution in [3.05, 3.63) is 54.1 Å². The molecule has 4 rings (SSSR count). The molecule has 124 valence electrons. The van der Waals surface area contributed by atoms with Crippen LogP contribution in [0.4, 0.5) is 5.69 Å². The van der Waals surface area contributed by atoms with Crippen molar-refractivity contribution >= 4 is 5.69 Å². The van der Waals surface area contributed by atoms with Crippen LogP contribution in [0.2, 0.25) is 0 Å². The van der Waals surface area contributed by atoms with E-state index in [9.17, 15) is 0 Å². The number of para-hydroxylation sites is 1. The minimum Gasteiger partial charge on any atom is -0.367 e. The Morgan fingerprint density at radius 1 is 0.958 bits per heavy atom. The quantitative estimate of drug-likeness (QED) is 0.661. The molecule has 0 saturated carbocycles. The van der Waals surface area contributed by atoms with Crippen molar-refractivity contribution in [3.63, 3.8) is 0 Å². The molecule has 3 aromatic rings. The lowest BCUT2D eigenvalue weighted by Gasteiger charge is -2.29. The second kappa shape index (κ2) is 6.87. The van der Waals surface area contributed by atoms with Gasteiger partial charge in [0.25, 0.3) is 0 Å². The van der Waals surface area contributed by atoms with E-state index < -0.39 is 0 Å². The number of aromatic nitrogens is 3. The summed E-state index contributed by atoms with van der Waals surface area (Å²) in [6.45, 7) is 8.05. The van der Waals surface area contributed by atoms with Gasteiger partial charge in [-0.2, -0.15) is 0 Å². The number of nitrogens with zero attached hydrogens (tertiary/aromatic N) is 4. The van der Waals surface area contributed by atoms with Crippen LogP contribution < -0.4 is 4.90 Å². The van der Waals surface area contributed by atoms with Crippen LogP contribution in [-0.2, 0) is 13.6 Å². The molecule has 1 aliphatic rings. The molecule has 2 heterocycles. The third kappa shape index (κ3) is 2.58. The zero-order valence-electron chi connectivity index (χ0n) is 14.8. The van der Waals surface area contributed by atoms with Crippen molar-refractivity contribution in [2.75, 3.05) is 11.4 Å². The fourth-order valence-corrected chi connectivity index (χ4v) is 3.25. The van der Waals surface area contributed by atoms with Gasteiger partial charge in [-0.15, -0.1) is 5.10 Å². The first-order valence-electron chi connectivity index (χ1n) is 8.62. The van der Waals surface area contributed by atoms with Gasteiger partial charge in [0, 0.05) is 37.0 Å². The van der Waals surface area contributed by atoms with Gasteiger partial charge >= 0.3 is 0 Å². The number of anilines is 1. The van der Waals surface area contributed by atoms with E-state index in [1.807, 2.05) is 25.6 Å². The van der Waals surface area contributed by atoms with Crippen LogP contribution in [0.25, 0.3) is 22.5 Å². The fraction of sp³-hybridized carbons (Fsp3) is 0.300. The van der Waals surface area contributed by atoms with Crippen LogP contribution in [0, 0.1) is 0 Å². The maximum Gasteiger partial charge on any atom is 0.121 e. The molecule has 1 aliphatic heterocycles. The van der Waals surface area contributed by atoms with Crippen LogP contribution in [0.5, 0.6) is 0 Å². The van der Waals surface area contributed by atoms with E-state index in [4.69, 9.17) is 0 Å². The summed E-state index contributed by atoms with van der Waals surface area (Å²) in [5.41, 5.74) is 6.97. The molecule has 2 aromatic carbocycles. The largest absolute Gasteiger partial charge is 0.367 e. The van der Waals surface area contributed by atoms with E-state index >= 15 is 0 Å². The normalized spacial score (nSPS) is 12.1. The number of benzene rings is 2. The highest BCUT2D eigenvalue weighted by Crippen LogP contribution is 2.40. The van der Waals surface area contributed by atoms with Crippen LogP contribution in [0.15, 0.2) is 48.5 Å². The van der Waals surface area contributed by atoms with Crippen molar-refractivity contribution in [2.24, 2.45) is 7.05 Å². The van der Waals surface area contributed by atoms with E-state index in [0.717, 1.165) is 24.5 Å². The van der Waals surface area contributed by atoms with Crippen molar-refractivity contribution in [3.8, 4) is 22.5 Å². The molecule has 0 saturated heterocycles. The summed E-state index contributed by atoms with van der Waals surface area (Å²) in [6.07, 6.45) is 0. The molecule has 24 heavy (non-hydrogen) atoms. The summed E-state index contributed by atoms with van der Waals surface area (Å²) in [6, 6.07) is 17.0. The van der Waals surface area contributed by atoms with Crippen LogP contribution in [0.1, 0.15) is 26.3 Å². The predicted octanol–water partition coefficient (Wildman–Crippen LogP) is 4.52. The Morgan fingerprint density at radius 3 is 2.38 bits per heavy atom. The number of fused-ring (bicyclic) bond motifs is 5. The van der Waals surface area contributed by atoms with Gasteiger partial charge in [-0.05, 0) is 18.6 Å². The second-order valence-corrected chi connectivity index (χ2v) is 5.60. The van der Waals surface area contributed by atoms with Crippen LogP contribution in [0.3, 0.4) is 0 Å². The maximum atomic E-state index is 4.44. The van der Waals surface area contributed by atoms with E-state index in [2.05, 4.69) is 70.7 Å². The van der Waals surface area contributed by atoms with Gasteiger partial charge in [-0.25, -0.2) is 4.68 Å². The van der Waals surface area contributed by atoms with Gasteiger partial charge in [0.05, 0.1) is 5.69 Å². The summed E-state index contributed by atoms with van der Waals surface area (Å²) in [5, 5.41) is 8.72. The van der Waals surface area contributed by atoms with Crippen molar-refractivity contribution in [1.29, 1.82) is 0 Å². The molecule has 0 radical (unpaired) electrons. The molecule has 4 nitrogen and oxygen atoms in total. The second-order valence-electron chi connectivity index (χ2n) is 5.60. The fourth-order valence-electron chi connectivity index (χ4n) is 3.25. The van der Waals surface area contributed by atoms with E-state index in [0.29, 0.717) is 0 Å². The first kappa shape index (κ1) is 16.2. The molecule has 1 aromatic heterocycles. The van der Waals surface area contributed by atoms with Gasteiger partial charge in [-0.1, -0.05) is 61.5 Å². The van der Waals surface area contributed by atoms with Gasteiger partial charge in [0.15, 0.2) is 0 Å². The summed E-state index contributed by atoms with van der Waals surface area (Å²) in [7, 11) is 1.96. The highest BCUT2D eigenvalue weighted by molar-refractivity contribution is 5.87. The summed E-state index contributed by atoms with van der Waals surface area (Å²) >= 11 is 0. The molecule has 0 amide bonds. The number of hydrogen-bond donors (Lipinski definition) is 0. The van der Waals surface area contributed by atoms with E-state index in [1.165, 1.54) is 22.4 Å². The average molecular weight is 320 g/mol. The van der Waals surface area contributed by atoms with Crippen molar-refractivity contribution in [1.82, 2.24) is 15.0 Å². The van der Waals surface area contributed by atoms with E-state index in [-0.39, 0.29) is 0 Å².